The zero-order valence-corrected chi connectivity index (χ0v) is 21.9. The molecule has 0 fully saturated rings. The molecular weight excluding hydrogens is 468 g/mol. The van der Waals surface area contributed by atoms with E-state index < -0.39 is 35.0 Å². The second-order valence-electron chi connectivity index (χ2n) is 9.00. The molecule has 0 saturated heterocycles. The molecule has 3 N–H and O–H groups in total. The van der Waals surface area contributed by atoms with Crippen molar-refractivity contribution < 1.29 is 22.7 Å². The highest BCUT2D eigenvalue weighted by Crippen LogP contribution is 2.42. The smallest absolute Gasteiger partial charge is 0.166 e. The van der Waals surface area contributed by atoms with Crippen LogP contribution in [0.3, 0.4) is 0 Å². The van der Waals surface area contributed by atoms with Crippen LogP contribution < -0.4 is 10.9 Å². The van der Waals surface area contributed by atoms with Crippen LogP contribution in [-0.2, 0) is 5.60 Å². The van der Waals surface area contributed by atoms with Crippen molar-refractivity contribution in [3.63, 3.8) is 0 Å². The summed E-state index contributed by atoms with van der Waals surface area (Å²) in [5.41, 5.74) is 0.992. The maximum absolute atomic E-state index is 16.0. The molecule has 2 atom stereocenters. The highest BCUT2D eigenvalue weighted by Gasteiger charge is 2.51. The Morgan fingerprint density at radius 1 is 1.06 bits per heavy atom. The molecule has 2 aromatic rings. The van der Waals surface area contributed by atoms with Crippen LogP contribution in [-0.4, -0.2) is 24.4 Å². The van der Waals surface area contributed by atoms with Crippen molar-refractivity contribution >= 4 is 5.57 Å². The lowest BCUT2D eigenvalue weighted by molar-refractivity contribution is -0.0810. The van der Waals surface area contributed by atoms with Crippen LogP contribution in [0.25, 0.3) is 5.57 Å². The Labute approximate surface area is 212 Å². The number of alkyl halides is 1. The Hall–Kier alpha value is -2.74. The molecule has 36 heavy (non-hydrogen) atoms. The quantitative estimate of drug-likeness (QED) is 0.184. The normalized spacial score (nSPS) is 15.3. The number of allylic oxidation sites excluding steroid dienone is 4. The SMILES string of the molecule is C=C(/C=C\C(=C/C)c1ccc(F)cc1)C(C)(F)C(O)(CNNC)c1ccc(F)cc1F.CCC(C)C. The van der Waals surface area contributed by atoms with E-state index in [4.69, 9.17) is 0 Å². The molecule has 0 aliphatic heterocycles. The fourth-order valence-corrected chi connectivity index (χ4v) is 3.17. The third-order valence-corrected chi connectivity index (χ3v) is 6.05. The summed E-state index contributed by atoms with van der Waals surface area (Å²) in [5, 5.41) is 11.3. The minimum Gasteiger partial charge on any atom is -0.380 e. The van der Waals surface area contributed by atoms with Crippen LogP contribution in [0.2, 0.25) is 0 Å². The highest BCUT2D eigenvalue weighted by atomic mass is 19.1. The number of halogens is 4. The van der Waals surface area contributed by atoms with Crippen LogP contribution in [0.15, 0.2) is 72.8 Å². The average Bonchev–Trinajstić information content (AvgIpc) is 2.83. The number of aliphatic hydroxyl groups is 1. The Morgan fingerprint density at radius 2 is 1.61 bits per heavy atom. The van der Waals surface area contributed by atoms with E-state index in [0.717, 1.165) is 25.0 Å². The lowest BCUT2D eigenvalue weighted by Gasteiger charge is -2.40. The minimum atomic E-state index is -2.55. The first-order valence-corrected chi connectivity index (χ1v) is 11.9. The van der Waals surface area contributed by atoms with Crippen LogP contribution in [0.5, 0.6) is 0 Å². The molecule has 0 bridgehead atoms. The van der Waals surface area contributed by atoms with Crippen LogP contribution in [0.4, 0.5) is 17.6 Å². The van der Waals surface area contributed by atoms with Crippen molar-refractivity contribution in [2.75, 3.05) is 13.6 Å². The summed E-state index contributed by atoms with van der Waals surface area (Å²) in [6, 6.07) is 8.30. The van der Waals surface area contributed by atoms with Gasteiger partial charge in [-0.1, -0.05) is 70.2 Å². The fraction of sp³-hybridized carbons (Fsp3) is 0.379. The van der Waals surface area contributed by atoms with Gasteiger partial charge in [-0.2, -0.15) is 0 Å². The number of benzene rings is 2. The van der Waals surface area contributed by atoms with Gasteiger partial charge in [0, 0.05) is 18.2 Å². The average molecular weight is 507 g/mol. The zero-order chi connectivity index (χ0) is 27.5. The summed E-state index contributed by atoms with van der Waals surface area (Å²) < 4.78 is 57.1. The molecule has 7 heteroatoms. The Balaban J connectivity index is 0.00000118. The number of nitrogens with one attached hydrogen (secondary N) is 2. The number of hydrogen-bond acceptors (Lipinski definition) is 3. The van der Waals surface area contributed by atoms with E-state index in [1.165, 1.54) is 31.7 Å². The molecule has 2 rings (SSSR count). The Morgan fingerprint density at radius 3 is 2.08 bits per heavy atom. The lowest BCUT2D eigenvalue weighted by Crippen LogP contribution is -2.55. The molecule has 0 aliphatic carbocycles. The van der Waals surface area contributed by atoms with Crippen molar-refractivity contribution in [2.45, 2.75) is 52.3 Å². The summed E-state index contributed by atoms with van der Waals surface area (Å²) in [7, 11) is 1.51. The monoisotopic (exact) mass is 506 g/mol. The molecule has 198 valence electrons. The number of rotatable bonds is 10. The molecule has 0 spiro atoms. The van der Waals surface area contributed by atoms with Crippen molar-refractivity contribution in [3.8, 4) is 0 Å². The van der Waals surface area contributed by atoms with Gasteiger partial charge in [0.05, 0.1) is 0 Å². The number of hydrazine groups is 1. The van der Waals surface area contributed by atoms with Gasteiger partial charge in [-0.25, -0.2) is 17.6 Å². The van der Waals surface area contributed by atoms with E-state index in [1.807, 2.05) is 0 Å². The Kier molecular flexibility index (Phi) is 12.3. The van der Waals surface area contributed by atoms with Gasteiger partial charge in [-0.3, -0.25) is 10.9 Å². The van der Waals surface area contributed by atoms with Gasteiger partial charge >= 0.3 is 0 Å². The standard InChI is InChI=1S/C24H26F4N2O.C5H12/c1-5-17(18-8-10-19(25)11-9-18)7-6-16(2)23(3,28)24(31,15-30-29-4)21-13-12-20(26)14-22(21)27;1-4-5(2)3/h5-14,29-31H,2,15H2,1,3-4H3;5H,4H2,1-3H3/b7-6-,17-5+;. The van der Waals surface area contributed by atoms with Crippen LogP contribution in [0, 0.1) is 23.4 Å². The van der Waals surface area contributed by atoms with Gasteiger partial charge in [0.15, 0.2) is 5.67 Å². The zero-order valence-electron chi connectivity index (χ0n) is 21.9. The van der Waals surface area contributed by atoms with Crippen LogP contribution in [0.1, 0.15) is 52.2 Å². The maximum atomic E-state index is 16.0. The van der Waals surface area contributed by atoms with E-state index >= 15 is 4.39 Å². The second-order valence-corrected chi connectivity index (χ2v) is 9.00. The maximum Gasteiger partial charge on any atom is 0.166 e. The van der Waals surface area contributed by atoms with E-state index in [0.29, 0.717) is 17.2 Å². The van der Waals surface area contributed by atoms with Gasteiger partial charge in [-0.05, 0) is 61.7 Å². The largest absolute Gasteiger partial charge is 0.380 e. The summed E-state index contributed by atoms with van der Waals surface area (Å²) in [6.45, 7) is 12.8. The summed E-state index contributed by atoms with van der Waals surface area (Å²) in [6.07, 6.45) is 5.99. The molecule has 0 heterocycles. The highest BCUT2D eigenvalue weighted by molar-refractivity contribution is 5.74. The second kappa shape index (κ2) is 14.1. The van der Waals surface area contributed by atoms with Crippen molar-refractivity contribution in [2.24, 2.45) is 5.92 Å². The molecule has 0 aliphatic rings. The van der Waals surface area contributed by atoms with Gasteiger partial charge in [-0.15, -0.1) is 0 Å². The first-order chi connectivity index (χ1) is 16.8. The van der Waals surface area contributed by atoms with E-state index in [9.17, 15) is 18.3 Å². The molecule has 2 aromatic carbocycles. The predicted octanol–water partition coefficient (Wildman–Crippen LogP) is 7.01. The topological polar surface area (TPSA) is 44.3 Å². The minimum absolute atomic E-state index is 0.141. The molecule has 0 amide bonds. The van der Waals surface area contributed by atoms with Crippen molar-refractivity contribution in [1.82, 2.24) is 10.9 Å². The Bertz CT molecular complexity index is 1050. The van der Waals surface area contributed by atoms with E-state index in [1.54, 1.807) is 31.2 Å². The third kappa shape index (κ3) is 8.15. The van der Waals surface area contributed by atoms with Crippen LogP contribution >= 0.6 is 0 Å². The molecular formula is C29H38F4N2O. The first kappa shape index (κ1) is 31.3. The molecule has 0 radical (unpaired) electrons. The predicted molar refractivity (Wildman–Crippen MR) is 140 cm³/mol. The van der Waals surface area contributed by atoms with Gasteiger partial charge in [0.25, 0.3) is 0 Å². The van der Waals surface area contributed by atoms with E-state index in [-0.39, 0.29) is 11.4 Å². The third-order valence-electron chi connectivity index (χ3n) is 6.05. The molecule has 3 nitrogen and oxygen atoms in total. The summed E-state index contributed by atoms with van der Waals surface area (Å²) >= 11 is 0. The first-order valence-electron chi connectivity index (χ1n) is 11.9. The fourth-order valence-electron chi connectivity index (χ4n) is 3.17. The van der Waals surface area contributed by atoms with Gasteiger partial charge in [0.2, 0.25) is 0 Å². The van der Waals surface area contributed by atoms with Crippen molar-refractivity contribution in [1.29, 1.82) is 0 Å². The number of hydrogen-bond donors (Lipinski definition) is 3. The summed E-state index contributed by atoms with van der Waals surface area (Å²) in [4.78, 5) is 0. The summed E-state index contributed by atoms with van der Waals surface area (Å²) in [5.74, 6) is -1.43. The van der Waals surface area contributed by atoms with Gasteiger partial charge < -0.3 is 5.11 Å². The van der Waals surface area contributed by atoms with Crippen molar-refractivity contribution in [3.05, 3.63) is 101 Å². The lowest BCUT2D eigenvalue weighted by atomic mass is 9.75. The van der Waals surface area contributed by atoms with E-state index in [2.05, 4.69) is 38.2 Å². The van der Waals surface area contributed by atoms with Gasteiger partial charge in [0.1, 0.15) is 23.1 Å². The molecule has 0 saturated carbocycles. The molecule has 0 aromatic heterocycles. The molecule has 2 unspecified atom stereocenters.